The Morgan fingerprint density at radius 3 is 1.91 bits per heavy atom. The first-order valence-electron chi connectivity index (χ1n) is 18.5. The van der Waals surface area contributed by atoms with E-state index in [9.17, 15) is 0 Å². The van der Waals surface area contributed by atoms with Gasteiger partial charge in [0.15, 0.2) is 11.5 Å². The molecule has 1 aliphatic heterocycles. The Morgan fingerprint density at radius 1 is 0.722 bits per heavy atom. The first kappa shape index (κ1) is 35.5. The van der Waals surface area contributed by atoms with Gasteiger partial charge in [0, 0.05) is 67.5 Å². The van der Waals surface area contributed by atoms with Gasteiger partial charge in [0.05, 0.1) is 44.0 Å². The molecule has 0 atom stereocenters. The van der Waals surface area contributed by atoms with Crippen molar-refractivity contribution in [2.75, 3.05) is 51.8 Å². The van der Waals surface area contributed by atoms with Crippen molar-refractivity contribution in [3.05, 3.63) is 173 Å². The molecule has 9 heteroatoms. The van der Waals surface area contributed by atoms with Gasteiger partial charge in [-0.3, -0.25) is 9.58 Å². The summed E-state index contributed by atoms with van der Waals surface area (Å²) in [5, 5.41) is 7.14. The van der Waals surface area contributed by atoms with E-state index in [2.05, 4.69) is 135 Å². The maximum atomic E-state index is 6.45. The zero-order valence-corrected chi connectivity index (χ0v) is 31.8. The molecule has 0 spiro atoms. The average molecular weight is 737 g/mol. The number of hydrogen-bond donors (Lipinski definition) is 0. The van der Waals surface area contributed by atoms with Crippen LogP contribution in [0.25, 0.3) is 10.9 Å². The number of aromatic nitrogens is 4. The van der Waals surface area contributed by atoms with Gasteiger partial charge in [-0.2, -0.15) is 5.10 Å². The van der Waals surface area contributed by atoms with Crippen LogP contribution in [0.2, 0.25) is 5.02 Å². The van der Waals surface area contributed by atoms with Crippen LogP contribution in [0.5, 0.6) is 11.5 Å². The highest BCUT2D eigenvalue weighted by molar-refractivity contribution is 6.31. The predicted octanol–water partition coefficient (Wildman–Crippen LogP) is 8.47. The van der Waals surface area contributed by atoms with E-state index in [1.807, 2.05) is 24.5 Å². The van der Waals surface area contributed by atoms with Crippen molar-refractivity contribution in [1.29, 1.82) is 0 Å². The van der Waals surface area contributed by atoms with Gasteiger partial charge in [-0.15, -0.1) is 0 Å². The van der Waals surface area contributed by atoms with E-state index in [-0.39, 0.29) is 0 Å². The topological polar surface area (TPSA) is 60.6 Å². The fraction of sp³-hybridized carbons (Fsp3) is 0.244. The van der Waals surface area contributed by atoms with Crippen molar-refractivity contribution in [2.24, 2.45) is 0 Å². The molecule has 0 radical (unpaired) electrons. The summed E-state index contributed by atoms with van der Waals surface area (Å²) < 4.78 is 15.8. The molecule has 1 fully saturated rings. The van der Waals surface area contributed by atoms with E-state index in [0.29, 0.717) is 18.0 Å². The standard InChI is InChI=1S/C45H45ClN6O2/c1-33-39(46)20-13-21-41(33)50-26-24-49(25-27-50)23-22-40-38-28-43(53-2)44(54-3)29-42(38)52(48-40)31-37-30-51(32-47-37)45(34-14-7-4-8-15-34,35-16-9-5-10-17-35)36-18-11-6-12-19-36/h4-21,28-30,32H,22-27,31H2,1-3H3. The number of rotatable bonds is 12. The predicted molar refractivity (Wildman–Crippen MR) is 217 cm³/mol. The van der Waals surface area contributed by atoms with Crippen LogP contribution in [0.15, 0.2) is 134 Å². The molecule has 8 nitrogen and oxygen atoms in total. The second-order valence-corrected chi connectivity index (χ2v) is 14.3. The van der Waals surface area contributed by atoms with Gasteiger partial charge in [0.2, 0.25) is 0 Å². The molecule has 3 heterocycles. The molecular formula is C45H45ClN6O2. The van der Waals surface area contributed by atoms with Crippen LogP contribution >= 0.6 is 11.6 Å². The van der Waals surface area contributed by atoms with Crippen LogP contribution in [0.1, 0.15) is 33.6 Å². The molecule has 0 aliphatic carbocycles. The van der Waals surface area contributed by atoms with E-state index in [4.69, 9.17) is 31.2 Å². The molecule has 2 aromatic heterocycles. The molecule has 8 rings (SSSR count). The minimum atomic E-state index is -0.640. The Hall–Kier alpha value is -5.57. The third-order valence-electron chi connectivity index (χ3n) is 10.9. The Kier molecular flexibility index (Phi) is 10.1. The molecule has 0 unspecified atom stereocenters. The number of hydrogen-bond acceptors (Lipinski definition) is 6. The normalized spacial score (nSPS) is 13.7. The van der Waals surface area contributed by atoms with E-state index in [1.54, 1.807) is 14.2 Å². The van der Waals surface area contributed by atoms with Gasteiger partial charge < -0.3 is 18.9 Å². The Balaban J connectivity index is 1.11. The fourth-order valence-corrected chi connectivity index (χ4v) is 8.22. The van der Waals surface area contributed by atoms with Crippen LogP contribution < -0.4 is 14.4 Å². The third-order valence-corrected chi connectivity index (χ3v) is 11.3. The molecule has 0 N–H and O–H groups in total. The highest BCUT2D eigenvalue weighted by Crippen LogP contribution is 2.41. The number of imidazole rings is 1. The lowest BCUT2D eigenvalue weighted by Gasteiger charge is -2.37. The van der Waals surface area contributed by atoms with Crippen LogP contribution in [-0.2, 0) is 18.5 Å². The van der Waals surface area contributed by atoms with E-state index in [0.717, 1.165) is 88.7 Å². The molecule has 0 bridgehead atoms. The van der Waals surface area contributed by atoms with Crippen molar-refractivity contribution in [1.82, 2.24) is 24.2 Å². The number of benzene rings is 5. The summed E-state index contributed by atoms with van der Waals surface area (Å²) in [7, 11) is 3.35. The zero-order valence-electron chi connectivity index (χ0n) is 31.0. The van der Waals surface area contributed by atoms with Gasteiger partial charge >= 0.3 is 0 Å². The molecule has 5 aromatic carbocycles. The quantitative estimate of drug-likeness (QED) is 0.117. The SMILES string of the molecule is COc1cc2c(CCN3CCN(c4cccc(Cl)c4C)CC3)nn(Cc3cn(C(c4ccccc4)(c4ccccc4)c4ccccc4)cn3)c2cc1OC. The average Bonchev–Trinajstić information content (AvgIpc) is 3.83. The van der Waals surface area contributed by atoms with Crippen molar-refractivity contribution in [3.8, 4) is 11.5 Å². The maximum absolute atomic E-state index is 6.45. The largest absolute Gasteiger partial charge is 0.493 e. The number of nitrogens with zero attached hydrogens (tertiary/aromatic N) is 6. The summed E-state index contributed by atoms with van der Waals surface area (Å²) in [5.41, 5.74) is 8.10. The van der Waals surface area contributed by atoms with Gasteiger partial charge in [-0.05, 0) is 47.4 Å². The number of fused-ring (bicyclic) bond motifs is 1. The number of ether oxygens (including phenoxy) is 2. The first-order valence-corrected chi connectivity index (χ1v) is 18.9. The van der Waals surface area contributed by atoms with E-state index in [1.165, 1.54) is 5.69 Å². The van der Waals surface area contributed by atoms with E-state index < -0.39 is 5.54 Å². The lowest BCUT2D eigenvalue weighted by molar-refractivity contribution is 0.260. The maximum Gasteiger partial charge on any atom is 0.162 e. The first-order chi connectivity index (χ1) is 26.5. The molecule has 1 aliphatic rings. The van der Waals surface area contributed by atoms with Gasteiger partial charge in [-0.1, -0.05) is 109 Å². The summed E-state index contributed by atoms with van der Waals surface area (Å²) in [6, 6.07) is 42.3. The number of halogens is 1. The monoisotopic (exact) mass is 736 g/mol. The van der Waals surface area contributed by atoms with Crippen molar-refractivity contribution < 1.29 is 9.47 Å². The Bertz CT molecular complexity index is 2240. The lowest BCUT2D eigenvalue weighted by atomic mass is 9.77. The van der Waals surface area contributed by atoms with Crippen LogP contribution in [0.3, 0.4) is 0 Å². The summed E-state index contributed by atoms with van der Waals surface area (Å²) >= 11 is 6.45. The zero-order chi connectivity index (χ0) is 37.1. The molecule has 0 saturated carbocycles. The minimum absolute atomic E-state index is 0.491. The summed E-state index contributed by atoms with van der Waals surface area (Å²) in [5.74, 6) is 1.37. The molecule has 274 valence electrons. The summed E-state index contributed by atoms with van der Waals surface area (Å²) in [6.07, 6.45) is 4.94. The Labute approximate surface area is 322 Å². The molecule has 1 saturated heterocycles. The second-order valence-electron chi connectivity index (χ2n) is 13.9. The number of piperazine rings is 1. The van der Waals surface area contributed by atoms with Gasteiger partial charge in [-0.25, -0.2) is 4.98 Å². The van der Waals surface area contributed by atoms with Crippen molar-refractivity contribution >= 4 is 28.2 Å². The minimum Gasteiger partial charge on any atom is -0.493 e. The van der Waals surface area contributed by atoms with Gasteiger partial charge in [0.25, 0.3) is 0 Å². The van der Waals surface area contributed by atoms with Crippen LogP contribution in [0.4, 0.5) is 5.69 Å². The second kappa shape index (κ2) is 15.4. The summed E-state index contributed by atoms with van der Waals surface area (Å²) in [4.78, 5) is 10.0. The molecule has 0 amide bonds. The molecule has 7 aromatic rings. The molecular weight excluding hydrogens is 692 g/mol. The highest BCUT2D eigenvalue weighted by atomic mass is 35.5. The number of anilines is 1. The Morgan fingerprint density at radius 2 is 1.31 bits per heavy atom. The fourth-order valence-electron chi connectivity index (χ4n) is 8.05. The van der Waals surface area contributed by atoms with Crippen molar-refractivity contribution in [3.63, 3.8) is 0 Å². The highest BCUT2D eigenvalue weighted by Gasteiger charge is 2.38. The smallest absolute Gasteiger partial charge is 0.162 e. The number of methoxy groups -OCH3 is 2. The van der Waals surface area contributed by atoms with Crippen molar-refractivity contribution in [2.45, 2.75) is 25.4 Å². The molecule has 54 heavy (non-hydrogen) atoms. The van der Waals surface area contributed by atoms with Gasteiger partial charge in [0.1, 0.15) is 5.54 Å². The van der Waals surface area contributed by atoms with Crippen LogP contribution in [0, 0.1) is 6.92 Å². The van der Waals surface area contributed by atoms with E-state index >= 15 is 0 Å². The lowest BCUT2D eigenvalue weighted by Crippen LogP contribution is -2.47. The summed E-state index contributed by atoms with van der Waals surface area (Å²) in [6.45, 7) is 7.37. The van der Waals surface area contributed by atoms with Crippen LogP contribution in [-0.4, -0.2) is 71.2 Å². The third kappa shape index (κ3) is 6.61.